The van der Waals surface area contributed by atoms with Crippen LogP contribution < -0.4 is 5.73 Å². The lowest BCUT2D eigenvalue weighted by atomic mass is 10.0. The van der Waals surface area contributed by atoms with Gasteiger partial charge < -0.3 is 10.6 Å². The van der Waals surface area contributed by atoms with Crippen LogP contribution >= 0.6 is 0 Å². The smallest absolute Gasteiger partial charge is 0.239 e. The van der Waals surface area contributed by atoms with Crippen molar-refractivity contribution in [3.63, 3.8) is 0 Å². The molecule has 1 aromatic carbocycles. The number of amides is 1. The molecule has 0 radical (unpaired) electrons. The van der Waals surface area contributed by atoms with E-state index in [4.69, 9.17) is 5.73 Å². The fourth-order valence-electron chi connectivity index (χ4n) is 2.87. The van der Waals surface area contributed by atoms with Gasteiger partial charge in [-0.3, -0.25) is 4.79 Å². The molecule has 0 aromatic heterocycles. The minimum absolute atomic E-state index is 0.113. The van der Waals surface area contributed by atoms with Crippen LogP contribution in [0.2, 0.25) is 0 Å². The van der Waals surface area contributed by atoms with Crippen molar-refractivity contribution in [3.8, 4) is 0 Å². The summed E-state index contributed by atoms with van der Waals surface area (Å²) in [4.78, 5) is 14.0. The van der Waals surface area contributed by atoms with Crippen LogP contribution in [0, 0.1) is 0 Å². The van der Waals surface area contributed by atoms with Crippen molar-refractivity contribution >= 4 is 5.91 Å². The Hall–Kier alpha value is -1.35. The molecule has 2 atom stereocenters. The highest BCUT2D eigenvalue weighted by atomic mass is 16.2. The van der Waals surface area contributed by atoms with Crippen molar-refractivity contribution in [3.05, 3.63) is 35.9 Å². The number of carbonyl (C=O) groups is 1. The molecule has 104 valence electrons. The number of rotatable bonds is 5. The molecule has 1 aromatic rings. The zero-order chi connectivity index (χ0) is 13.7. The number of nitrogens with two attached hydrogens (primary N) is 1. The molecule has 19 heavy (non-hydrogen) atoms. The van der Waals surface area contributed by atoms with Crippen molar-refractivity contribution < 1.29 is 4.79 Å². The van der Waals surface area contributed by atoms with Gasteiger partial charge in [0.15, 0.2) is 0 Å². The molecular weight excluding hydrogens is 236 g/mol. The highest BCUT2D eigenvalue weighted by Crippen LogP contribution is 2.22. The molecule has 0 saturated carbocycles. The maximum Gasteiger partial charge on any atom is 0.239 e. The third-order valence-corrected chi connectivity index (χ3v) is 3.90. The van der Waals surface area contributed by atoms with Gasteiger partial charge in [0, 0.05) is 12.6 Å². The molecule has 1 saturated heterocycles. The predicted molar refractivity (Wildman–Crippen MR) is 77.8 cm³/mol. The number of aryl methyl sites for hydroxylation is 1. The van der Waals surface area contributed by atoms with E-state index >= 15 is 0 Å². The van der Waals surface area contributed by atoms with Crippen molar-refractivity contribution in [1.82, 2.24) is 4.90 Å². The summed E-state index contributed by atoms with van der Waals surface area (Å²) in [5.41, 5.74) is 7.09. The molecule has 2 rings (SSSR count). The Kier molecular flexibility index (Phi) is 4.97. The Bertz CT molecular complexity index is 402. The van der Waals surface area contributed by atoms with Gasteiger partial charge in [-0.15, -0.1) is 0 Å². The number of hydrogen-bond acceptors (Lipinski definition) is 2. The zero-order valence-electron chi connectivity index (χ0n) is 11.7. The van der Waals surface area contributed by atoms with E-state index in [1.54, 1.807) is 6.92 Å². The average Bonchev–Trinajstić information content (AvgIpc) is 2.87. The summed E-state index contributed by atoms with van der Waals surface area (Å²) in [5, 5.41) is 0. The van der Waals surface area contributed by atoms with Crippen LogP contribution in [-0.4, -0.2) is 29.4 Å². The highest BCUT2D eigenvalue weighted by molar-refractivity contribution is 5.81. The van der Waals surface area contributed by atoms with Crippen LogP contribution in [0.1, 0.15) is 38.2 Å². The van der Waals surface area contributed by atoms with Crippen molar-refractivity contribution in [2.45, 2.75) is 51.1 Å². The van der Waals surface area contributed by atoms with E-state index in [2.05, 4.69) is 24.3 Å². The van der Waals surface area contributed by atoms with Gasteiger partial charge >= 0.3 is 0 Å². The van der Waals surface area contributed by atoms with E-state index in [1.807, 2.05) is 11.0 Å². The van der Waals surface area contributed by atoms with Crippen LogP contribution in [-0.2, 0) is 11.2 Å². The molecule has 1 amide bonds. The number of carbonyl (C=O) groups excluding carboxylic acids is 1. The third-order valence-electron chi connectivity index (χ3n) is 3.90. The second kappa shape index (κ2) is 6.71. The first-order chi connectivity index (χ1) is 9.18. The quantitative estimate of drug-likeness (QED) is 0.883. The Balaban J connectivity index is 1.80. The van der Waals surface area contributed by atoms with E-state index in [1.165, 1.54) is 5.56 Å². The van der Waals surface area contributed by atoms with Crippen molar-refractivity contribution in [2.24, 2.45) is 5.73 Å². The van der Waals surface area contributed by atoms with Gasteiger partial charge in [-0.05, 0) is 44.6 Å². The topological polar surface area (TPSA) is 46.3 Å². The minimum Gasteiger partial charge on any atom is -0.338 e. The van der Waals surface area contributed by atoms with Gasteiger partial charge in [-0.2, -0.15) is 0 Å². The first kappa shape index (κ1) is 14.1. The summed E-state index contributed by atoms with van der Waals surface area (Å²) in [5.74, 6) is 0.113. The first-order valence-corrected chi connectivity index (χ1v) is 7.28. The summed E-state index contributed by atoms with van der Waals surface area (Å²) in [6, 6.07) is 10.6. The molecule has 3 heteroatoms. The van der Waals surface area contributed by atoms with E-state index in [9.17, 15) is 4.79 Å². The van der Waals surface area contributed by atoms with E-state index in [0.29, 0.717) is 6.04 Å². The molecular formula is C16H24N2O. The van der Waals surface area contributed by atoms with Gasteiger partial charge in [-0.1, -0.05) is 30.3 Å². The number of benzene rings is 1. The Morgan fingerprint density at radius 2 is 2.16 bits per heavy atom. The molecule has 1 aliphatic heterocycles. The number of likely N-dealkylation sites (tertiary alicyclic amines) is 1. The Morgan fingerprint density at radius 1 is 1.42 bits per heavy atom. The van der Waals surface area contributed by atoms with E-state index in [-0.39, 0.29) is 11.9 Å². The minimum atomic E-state index is -0.366. The zero-order valence-corrected chi connectivity index (χ0v) is 11.7. The SMILES string of the molecule is C[C@H](N)C(=O)N1CCC[C@H]1CCCc1ccccc1. The molecule has 3 nitrogen and oxygen atoms in total. The molecule has 0 bridgehead atoms. The largest absolute Gasteiger partial charge is 0.338 e. The fraction of sp³-hybridized carbons (Fsp3) is 0.562. The van der Waals surface area contributed by atoms with Crippen LogP contribution in [0.4, 0.5) is 0 Å². The van der Waals surface area contributed by atoms with Gasteiger partial charge in [0.05, 0.1) is 6.04 Å². The fourth-order valence-corrected chi connectivity index (χ4v) is 2.87. The molecule has 0 unspecified atom stereocenters. The van der Waals surface area contributed by atoms with Crippen LogP contribution in [0.25, 0.3) is 0 Å². The Labute approximate surface area is 115 Å². The standard InChI is InChI=1S/C16H24N2O/c1-13(17)16(19)18-12-6-11-15(18)10-5-9-14-7-3-2-4-8-14/h2-4,7-8,13,15H,5-6,9-12,17H2,1H3/t13-,15+/m0/s1. The lowest BCUT2D eigenvalue weighted by Gasteiger charge is -2.26. The van der Waals surface area contributed by atoms with E-state index in [0.717, 1.165) is 38.6 Å². The molecule has 1 fully saturated rings. The molecule has 2 N–H and O–H groups in total. The van der Waals surface area contributed by atoms with Crippen LogP contribution in [0.5, 0.6) is 0 Å². The number of nitrogens with zero attached hydrogens (tertiary/aromatic N) is 1. The van der Waals surface area contributed by atoms with Gasteiger partial charge in [-0.25, -0.2) is 0 Å². The normalized spacial score (nSPS) is 20.5. The molecule has 0 aliphatic carbocycles. The monoisotopic (exact) mass is 260 g/mol. The average molecular weight is 260 g/mol. The van der Waals surface area contributed by atoms with Crippen molar-refractivity contribution in [2.75, 3.05) is 6.54 Å². The predicted octanol–water partition coefficient (Wildman–Crippen LogP) is 2.35. The van der Waals surface area contributed by atoms with Crippen LogP contribution in [0.3, 0.4) is 0 Å². The Morgan fingerprint density at radius 3 is 2.84 bits per heavy atom. The maximum absolute atomic E-state index is 12.0. The van der Waals surface area contributed by atoms with Gasteiger partial charge in [0.2, 0.25) is 5.91 Å². The summed E-state index contributed by atoms with van der Waals surface area (Å²) < 4.78 is 0. The van der Waals surface area contributed by atoms with Crippen LogP contribution in [0.15, 0.2) is 30.3 Å². The molecule has 1 aliphatic rings. The maximum atomic E-state index is 12.0. The van der Waals surface area contributed by atoms with Crippen molar-refractivity contribution in [1.29, 1.82) is 0 Å². The third kappa shape index (κ3) is 3.80. The van der Waals surface area contributed by atoms with E-state index < -0.39 is 0 Å². The summed E-state index contributed by atoms with van der Waals surface area (Å²) in [7, 11) is 0. The first-order valence-electron chi connectivity index (χ1n) is 7.28. The summed E-state index contributed by atoms with van der Waals surface area (Å²) >= 11 is 0. The molecule has 0 spiro atoms. The second-order valence-electron chi connectivity index (χ2n) is 5.49. The summed E-state index contributed by atoms with van der Waals surface area (Å²) in [6.45, 7) is 2.66. The highest BCUT2D eigenvalue weighted by Gasteiger charge is 2.29. The molecule has 1 heterocycles. The van der Waals surface area contributed by atoms with Gasteiger partial charge in [0.25, 0.3) is 0 Å². The number of hydrogen-bond donors (Lipinski definition) is 1. The second-order valence-corrected chi connectivity index (χ2v) is 5.49. The van der Waals surface area contributed by atoms with Gasteiger partial charge in [0.1, 0.15) is 0 Å². The summed E-state index contributed by atoms with van der Waals surface area (Å²) in [6.07, 6.45) is 5.57. The lowest BCUT2D eigenvalue weighted by molar-refractivity contribution is -0.133. The lowest BCUT2D eigenvalue weighted by Crippen LogP contribution is -2.44.